The molecule has 1 saturated heterocycles. The van der Waals surface area contributed by atoms with E-state index in [-0.39, 0.29) is 29.7 Å². The van der Waals surface area contributed by atoms with Crippen molar-refractivity contribution in [2.45, 2.75) is 25.9 Å². The summed E-state index contributed by atoms with van der Waals surface area (Å²) in [6.07, 6.45) is -0.313. The number of hydrogen-bond acceptors (Lipinski definition) is 6. The van der Waals surface area contributed by atoms with Gasteiger partial charge in [0.05, 0.1) is 17.4 Å². The van der Waals surface area contributed by atoms with Crippen LogP contribution in [0, 0.1) is 5.92 Å². The molecule has 0 radical (unpaired) electrons. The second-order valence-corrected chi connectivity index (χ2v) is 8.55. The van der Waals surface area contributed by atoms with E-state index in [0.29, 0.717) is 17.6 Å². The van der Waals surface area contributed by atoms with Crippen molar-refractivity contribution in [1.82, 2.24) is 10.9 Å². The molecule has 156 valence electrons. The van der Waals surface area contributed by atoms with E-state index in [1.54, 1.807) is 4.90 Å². The molecule has 2 aromatic carbocycles. The number of rotatable bonds is 5. The van der Waals surface area contributed by atoms with Gasteiger partial charge in [-0.3, -0.25) is 19.9 Å². The fourth-order valence-corrected chi connectivity index (χ4v) is 4.31. The maximum atomic E-state index is 13.1. The third-order valence-electron chi connectivity index (χ3n) is 5.14. The third-order valence-corrected chi connectivity index (χ3v) is 6.09. The van der Waals surface area contributed by atoms with Crippen LogP contribution in [0.4, 0.5) is 11.4 Å². The van der Waals surface area contributed by atoms with E-state index in [1.807, 2.05) is 54.6 Å². The standard InChI is InChI=1S/C22H25N5O2S/c1-14(2)15-8-10-16(11-9-15)24-19(28)13-30-22-25-20-18(12-23-26-20)21(29)27(22)17-6-4-3-5-7-17/h3-11,14,18,20,23,26H,12-13H2,1-2H3,(H,24,28). The van der Waals surface area contributed by atoms with E-state index in [0.717, 1.165) is 11.4 Å². The number of amidine groups is 1. The number of hydrazine groups is 1. The van der Waals surface area contributed by atoms with Gasteiger partial charge in [-0.25, -0.2) is 10.4 Å². The first-order valence-corrected chi connectivity index (χ1v) is 11.0. The van der Waals surface area contributed by atoms with E-state index >= 15 is 0 Å². The van der Waals surface area contributed by atoms with Crippen LogP contribution >= 0.6 is 11.8 Å². The molecule has 4 rings (SSSR count). The summed E-state index contributed by atoms with van der Waals surface area (Å²) in [5.74, 6) is 0.180. The summed E-state index contributed by atoms with van der Waals surface area (Å²) in [6, 6.07) is 17.3. The largest absolute Gasteiger partial charge is 0.325 e. The Kier molecular flexibility index (Phi) is 6.17. The van der Waals surface area contributed by atoms with Crippen LogP contribution in [0.2, 0.25) is 0 Å². The van der Waals surface area contributed by atoms with E-state index in [2.05, 4.69) is 30.0 Å². The molecule has 2 heterocycles. The zero-order valence-electron chi connectivity index (χ0n) is 17.0. The van der Waals surface area contributed by atoms with Crippen LogP contribution in [-0.2, 0) is 9.59 Å². The number of hydrogen-bond donors (Lipinski definition) is 3. The fourth-order valence-electron chi connectivity index (χ4n) is 3.46. The van der Waals surface area contributed by atoms with Gasteiger partial charge in [0.2, 0.25) is 11.8 Å². The summed E-state index contributed by atoms with van der Waals surface area (Å²) in [4.78, 5) is 31.9. The number of nitrogens with one attached hydrogen (secondary N) is 3. The van der Waals surface area contributed by atoms with Crippen LogP contribution in [0.1, 0.15) is 25.3 Å². The molecule has 0 aromatic heterocycles. The van der Waals surface area contributed by atoms with Gasteiger partial charge < -0.3 is 5.32 Å². The monoisotopic (exact) mass is 423 g/mol. The molecule has 2 unspecified atom stereocenters. The molecule has 1 fully saturated rings. The number of aliphatic imine (C=N–C) groups is 1. The van der Waals surface area contributed by atoms with Gasteiger partial charge >= 0.3 is 0 Å². The van der Waals surface area contributed by atoms with Gasteiger partial charge in [-0.05, 0) is 35.7 Å². The second-order valence-electron chi connectivity index (χ2n) is 7.61. The fraction of sp³-hybridized carbons (Fsp3) is 0.318. The van der Waals surface area contributed by atoms with Crippen molar-refractivity contribution in [2.24, 2.45) is 10.9 Å². The Morgan fingerprint density at radius 1 is 1.20 bits per heavy atom. The molecule has 3 N–H and O–H groups in total. The average molecular weight is 424 g/mol. The lowest BCUT2D eigenvalue weighted by atomic mass is 10.0. The summed E-state index contributed by atoms with van der Waals surface area (Å²) in [5.41, 5.74) is 8.77. The van der Waals surface area contributed by atoms with Gasteiger partial charge in [0.15, 0.2) is 5.17 Å². The van der Waals surface area contributed by atoms with Gasteiger partial charge in [0, 0.05) is 12.2 Å². The molecule has 2 aromatic rings. The lowest BCUT2D eigenvalue weighted by Gasteiger charge is -2.32. The van der Waals surface area contributed by atoms with Crippen molar-refractivity contribution in [3.05, 3.63) is 60.2 Å². The Bertz CT molecular complexity index is 946. The number of para-hydroxylation sites is 1. The minimum atomic E-state index is -0.313. The molecule has 2 aliphatic heterocycles. The number of anilines is 2. The maximum absolute atomic E-state index is 13.1. The average Bonchev–Trinajstić information content (AvgIpc) is 3.22. The van der Waals surface area contributed by atoms with Crippen molar-refractivity contribution in [2.75, 3.05) is 22.5 Å². The maximum Gasteiger partial charge on any atom is 0.241 e. The SMILES string of the molecule is CC(C)c1ccc(NC(=O)CSC2=NC3NNCC3C(=O)N2c2ccccc2)cc1. The number of thioether (sulfide) groups is 1. The van der Waals surface area contributed by atoms with Crippen LogP contribution < -0.4 is 21.1 Å². The third kappa shape index (κ3) is 4.40. The molecule has 0 spiro atoms. The van der Waals surface area contributed by atoms with Crippen molar-refractivity contribution in [3.63, 3.8) is 0 Å². The van der Waals surface area contributed by atoms with Gasteiger partial charge in [0.1, 0.15) is 6.17 Å². The van der Waals surface area contributed by atoms with E-state index < -0.39 is 0 Å². The zero-order chi connectivity index (χ0) is 21.1. The Balaban J connectivity index is 1.46. The van der Waals surface area contributed by atoms with Crippen molar-refractivity contribution in [1.29, 1.82) is 0 Å². The summed E-state index contributed by atoms with van der Waals surface area (Å²) in [6.45, 7) is 4.80. The highest BCUT2D eigenvalue weighted by molar-refractivity contribution is 8.14. The topological polar surface area (TPSA) is 85.8 Å². The minimum absolute atomic E-state index is 0.0223. The predicted molar refractivity (Wildman–Crippen MR) is 121 cm³/mol. The van der Waals surface area contributed by atoms with E-state index in [9.17, 15) is 9.59 Å². The first-order valence-electron chi connectivity index (χ1n) is 10.0. The Hall–Kier alpha value is -2.68. The highest BCUT2D eigenvalue weighted by Gasteiger charge is 2.42. The highest BCUT2D eigenvalue weighted by atomic mass is 32.2. The number of carbonyl (C=O) groups excluding carboxylic acids is 2. The Morgan fingerprint density at radius 2 is 1.93 bits per heavy atom. The predicted octanol–water partition coefficient (Wildman–Crippen LogP) is 2.93. The molecular formula is C22H25N5O2S. The summed E-state index contributed by atoms with van der Waals surface area (Å²) < 4.78 is 0. The molecule has 0 bridgehead atoms. The smallest absolute Gasteiger partial charge is 0.241 e. The van der Waals surface area contributed by atoms with Crippen molar-refractivity contribution >= 4 is 40.1 Å². The minimum Gasteiger partial charge on any atom is -0.325 e. The number of nitrogens with zero attached hydrogens (tertiary/aromatic N) is 2. The number of benzene rings is 2. The van der Waals surface area contributed by atoms with Crippen LogP contribution in [0.25, 0.3) is 0 Å². The highest BCUT2D eigenvalue weighted by Crippen LogP contribution is 2.29. The lowest BCUT2D eigenvalue weighted by Crippen LogP contribution is -2.49. The van der Waals surface area contributed by atoms with Crippen LogP contribution in [0.15, 0.2) is 59.6 Å². The molecule has 30 heavy (non-hydrogen) atoms. The lowest BCUT2D eigenvalue weighted by molar-refractivity contribution is -0.121. The zero-order valence-corrected chi connectivity index (χ0v) is 17.8. The van der Waals surface area contributed by atoms with Crippen molar-refractivity contribution in [3.8, 4) is 0 Å². The first-order chi connectivity index (χ1) is 14.5. The first kappa shape index (κ1) is 20.6. The number of carbonyl (C=O) groups is 2. The molecule has 7 nitrogen and oxygen atoms in total. The summed E-state index contributed by atoms with van der Waals surface area (Å²) >= 11 is 1.26. The molecular weight excluding hydrogens is 398 g/mol. The van der Waals surface area contributed by atoms with Crippen LogP contribution in [0.3, 0.4) is 0 Å². The quantitative estimate of drug-likeness (QED) is 0.689. The molecule has 0 aliphatic carbocycles. The van der Waals surface area contributed by atoms with E-state index in [4.69, 9.17) is 4.99 Å². The Labute approximate surface area is 180 Å². The summed E-state index contributed by atoms with van der Waals surface area (Å²) in [7, 11) is 0. The molecule has 0 saturated carbocycles. The number of fused-ring (bicyclic) bond motifs is 1. The van der Waals surface area contributed by atoms with Gasteiger partial charge in [-0.2, -0.15) is 0 Å². The van der Waals surface area contributed by atoms with Crippen molar-refractivity contribution < 1.29 is 9.59 Å². The van der Waals surface area contributed by atoms with Gasteiger partial charge in [0.25, 0.3) is 0 Å². The second kappa shape index (κ2) is 8.99. The Morgan fingerprint density at radius 3 is 2.63 bits per heavy atom. The molecule has 8 heteroatoms. The molecule has 2 aliphatic rings. The van der Waals surface area contributed by atoms with E-state index in [1.165, 1.54) is 17.3 Å². The van der Waals surface area contributed by atoms with Gasteiger partial charge in [-0.15, -0.1) is 0 Å². The number of amides is 2. The molecule has 2 amide bonds. The van der Waals surface area contributed by atoms with Gasteiger partial charge in [-0.1, -0.05) is 55.9 Å². The summed E-state index contributed by atoms with van der Waals surface area (Å²) in [5, 5.41) is 3.44. The molecule has 2 atom stereocenters. The van der Waals surface area contributed by atoms with Crippen LogP contribution in [-0.4, -0.2) is 35.4 Å². The normalized spacial score (nSPS) is 20.8. The van der Waals surface area contributed by atoms with Crippen LogP contribution in [0.5, 0.6) is 0 Å².